The van der Waals surface area contributed by atoms with Crippen molar-refractivity contribution in [1.29, 1.82) is 0 Å². The molecule has 0 saturated heterocycles. The summed E-state index contributed by atoms with van der Waals surface area (Å²) in [5.41, 5.74) is 8.29. The minimum absolute atomic E-state index is 0.262. The molecular formula is C19H18N4O3. The van der Waals surface area contributed by atoms with E-state index in [9.17, 15) is 9.59 Å². The van der Waals surface area contributed by atoms with Gasteiger partial charge in [0.05, 0.1) is 0 Å². The van der Waals surface area contributed by atoms with Gasteiger partial charge in [0, 0.05) is 17.8 Å². The Hall–Kier alpha value is -3.61. The average molecular weight is 350 g/mol. The molecule has 0 bridgehead atoms. The number of amides is 3. The number of benzene rings is 2. The van der Waals surface area contributed by atoms with Gasteiger partial charge in [-0.1, -0.05) is 47.6 Å². The van der Waals surface area contributed by atoms with Crippen molar-refractivity contribution in [2.24, 2.45) is 5.73 Å². The van der Waals surface area contributed by atoms with Gasteiger partial charge in [-0.05, 0) is 24.6 Å². The van der Waals surface area contributed by atoms with Crippen LogP contribution in [0.3, 0.4) is 0 Å². The molecule has 7 nitrogen and oxygen atoms in total. The van der Waals surface area contributed by atoms with Gasteiger partial charge >= 0.3 is 6.03 Å². The van der Waals surface area contributed by atoms with Gasteiger partial charge in [-0.15, -0.1) is 0 Å². The summed E-state index contributed by atoms with van der Waals surface area (Å²) in [7, 11) is 0. The van der Waals surface area contributed by atoms with Crippen molar-refractivity contribution in [3.63, 3.8) is 0 Å². The summed E-state index contributed by atoms with van der Waals surface area (Å²) >= 11 is 0. The number of urea groups is 1. The molecule has 132 valence electrons. The standard InChI is InChI=1S/C19H18N4O3/c1-12-16(17(23-26-12)14-5-3-2-4-6-14)18(24)21-11-13-7-9-15(10-8-13)22-19(20)25/h2-10H,11H2,1H3,(H,21,24)(H3,20,22,25). The molecule has 0 spiro atoms. The van der Waals surface area contributed by atoms with E-state index in [1.54, 1.807) is 31.2 Å². The first-order valence-corrected chi connectivity index (χ1v) is 8.00. The predicted molar refractivity (Wildman–Crippen MR) is 97.5 cm³/mol. The topological polar surface area (TPSA) is 110 Å². The Kier molecular flexibility index (Phi) is 4.98. The maximum Gasteiger partial charge on any atom is 0.316 e. The minimum Gasteiger partial charge on any atom is -0.360 e. The lowest BCUT2D eigenvalue weighted by Gasteiger charge is -2.07. The first-order chi connectivity index (χ1) is 12.5. The van der Waals surface area contributed by atoms with Crippen molar-refractivity contribution in [3.05, 3.63) is 71.5 Å². The van der Waals surface area contributed by atoms with Gasteiger partial charge in [0.1, 0.15) is 17.0 Å². The van der Waals surface area contributed by atoms with Crippen LogP contribution in [0.25, 0.3) is 11.3 Å². The van der Waals surface area contributed by atoms with E-state index in [1.807, 2.05) is 30.3 Å². The number of aryl methyl sites for hydroxylation is 1. The highest BCUT2D eigenvalue weighted by atomic mass is 16.5. The summed E-state index contributed by atoms with van der Waals surface area (Å²) in [5.74, 6) is 0.198. The minimum atomic E-state index is -0.623. The Morgan fingerprint density at radius 2 is 1.77 bits per heavy atom. The van der Waals surface area contributed by atoms with E-state index in [1.165, 1.54) is 0 Å². The fraction of sp³-hybridized carbons (Fsp3) is 0.105. The second kappa shape index (κ2) is 7.52. The molecule has 4 N–H and O–H groups in total. The Morgan fingerprint density at radius 1 is 1.08 bits per heavy atom. The zero-order chi connectivity index (χ0) is 18.5. The van der Waals surface area contributed by atoms with Crippen LogP contribution in [-0.4, -0.2) is 17.1 Å². The third-order valence-corrected chi connectivity index (χ3v) is 3.81. The number of rotatable bonds is 5. The molecule has 0 aliphatic rings. The molecule has 3 aromatic rings. The van der Waals surface area contributed by atoms with E-state index in [-0.39, 0.29) is 5.91 Å². The molecule has 2 aromatic carbocycles. The molecule has 3 rings (SSSR count). The number of aromatic nitrogens is 1. The van der Waals surface area contributed by atoms with E-state index >= 15 is 0 Å². The summed E-state index contributed by atoms with van der Waals surface area (Å²) in [5, 5.41) is 9.36. The molecular weight excluding hydrogens is 332 g/mol. The number of hydrogen-bond donors (Lipinski definition) is 3. The lowest BCUT2D eigenvalue weighted by Crippen LogP contribution is -2.23. The Morgan fingerprint density at radius 3 is 2.42 bits per heavy atom. The SMILES string of the molecule is Cc1onc(-c2ccccc2)c1C(=O)NCc1ccc(NC(N)=O)cc1. The molecule has 26 heavy (non-hydrogen) atoms. The molecule has 0 fully saturated rings. The van der Waals surface area contributed by atoms with E-state index in [4.69, 9.17) is 10.3 Å². The van der Waals surface area contributed by atoms with Crippen LogP contribution in [0.2, 0.25) is 0 Å². The van der Waals surface area contributed by atoms with Crippen LogP contribution >= 0.6 is 0 Å². The molecule has 0 aliphatic carbocycles. The van der Waals surface area contributed by atoms with Crippen molar-refractivity contribution in [1.82, 2.24) is 10.5 Å². The highest BCUT2D eigenvalue weighted by Crippen LogP contribution is 2.25. The van der Waals surface area contributed by atoms with Crippen molar-refractivity contribution >= 4 is 17.6 Å². The van der Waals surface area contributed by atoms with Gasteiger partial charge in [0.15, 0.2) is 0 Å². The first kappa shape index (κ1) is 17.2. The first-order valence-electron chi connectivity index (χ1n) is 8.00. The number of nitrogens with zero attached hydrogens (tertiary/aromatic N) is 1. The third kappa shape index (κ3) is 3.89. The fourth-order valence-electron chi connectivity index (χ4n) is 2.55. The third-order valence-electron chi connectivity index (χ3n) is 3.81. The smallest absolute Gasteiger partial charge is 0.316 e. The van der Waals surface area contributed by atoms with Gasteiger partial charge in [-0.3, -0.25) is 4.79 Å². The zero-order valence-electron chi connectivity index (χ0n) is 14.2. The number of anilines is 1. The second-order valence-corrected chi connectivity index (χ2v) is 5.70. The highest BCUT2D eigenvalue weighted by Gasteiger charge is 2.21. The molecule has 7 heteroatoms. The lowest BCUT2D eigenvalue weighted by molar-refractivity contribution is 0.0950. The Labute approximate surface area is 150 Å². The predicted octanol–water partition coefficient (Wildman–Crippen LogP) is 3.07. The number of hydrogen-bond acceptors (Lipinski definition) is 4. The molecule has 0 atom stereocenters. The maximum absolute atomic E-state index is 12.6. The van der Waals surface area contributed by atoms with Gasteiger partial charge in [-0.2, -0.15) is 0 Å². The van der Waals surface area contributed by atoms with Crippen molar-refractivity contribution < 1.29 is 14.1 Å². The van der Waals surface area contributed by atoms with E-state index < -0.39 is 6.03 Å². The molecule has 0 aliphatic heterocycles. The second-order valence-electron chi connectivity index (χ2n) is 5.70. The van der Waals surface area contributed by atoms with Gasteiger partial charge in [0.25, 0.3) is 5.91 Å². The summed E-state index contributed by atoms with van der Waals surface area (Å²) < 4.78 is 5.21. The summed E-state index contributed by atoms with van der Waals surface area (Å²) in [6.45, 7) is 2.03. The van der Waals surface area contributed by atoms with Crippen LogP contribution in [0, 0.1) is 6.92 Å². The number of nitrogens with one attached hydrogen (secondary N) is 2. The van der Waals surface area contributed by atoms with Crippen LogP contribution in [0.5, 0.6) is 0 Å². The maximum atomic E-state index is 12.6. The lowest BCUT2D eigenvalue weighted by atomic mass is 10.1. The summed E-state index contributed by atoms with van der Waals surface area (Å²) in [4.78, 5) is 23.4. The van der Waals surface area contributed by atoms with E-state index in [0.29, 0.717) is 29.2 Å². The summed E-state index contributed by atoms with van der Waals surface area (Å²) in [6, 6.07) is 15.8. The molecule has 3 amide bonds. The van der Waals surface area contributed by atoms with E-state index in [0.717, 1.165) is 11.1 Å². The van der Waals surface area contributed by atoms with Gasteiger partial charge in [-0.25, -0.2) is 4.79 Å². The molecule has 1 heterocycles. The normalized spacial score (nSPS) is 10.3. The Bertz CT molecular complexity index is 918. The molecule has 0 unspecified atom stereocenters. The van der Waals surface area contributed by atoms with Gasteiger partial charge < -0.3 is 20.9 Å². The van der Waals surface area contributed by atoms with Crippen LogP contribution in [0.4, 0.5) is 10.5 Å². The van der Waals surface area contributed by atoms with Crippen LogP contribution in [-0.2, 0) is 6.54 Å². The van der Waals surface area contributed by atoms with Gasteiger partial charge in [0.2, 0.25) is 0 Å². The largest absolute Gasteiger partial charge is 0.360 e. The fourth-order valence-corrected chi connectivity index (χ4v) is 2.55. The van der Waals surface area contributed by atoms with Crippen LogP contribution in [0.1, 0.15) is 21.7 Å². The molecule has 1 aromatic heterocycles. The molecule has 0 saturated carbocycles. The monoisotopic (exact) mass is 350 g/mol. The average Bonchev–Trinajstić information content (AvgIpc) is 3.03. The van der Waals surface area contributed by atoms with Crippen molar-refractivity contribution in [2.45, 2.75) is 13.5 Å². The highest BCUT2D eigenvalue weighted by molar-refractivity contribution is 6.00. The Balaban J connectivity index is 1.71. The van der Waals surface area contributed by atoms with Crippen molar-refractivity contribution in [2.75, 3.05) is 5.32 Å². The number of nitrogens with two attached hydrogens (primary N) is 1. The summed E-state index contributed by atoms with van der Waals surface area (Å²) in [6.07, 6.45) is 0. The van der Waals surface area contributed by atoms with E-state index in [2.05, 4.69) is 15.8 Å². The number of carbonyl (C=O) groups excluding carboxylic acids is 2. The molecule has 0 radical (unpaired) electrons. The van der Waals surface area contributed by atoms with Crippen LogP contribution in [0.15, 0.2) is 59.1 Å². The number of primary amides is 1. The van der Waals surface area contributed by atoms with Crippen LogP contribution < -0.4 is 16.4 Å². The zero-order valence-corrected chi connectivity index (χ0v) is 14.2. The quantitative estimate of drug-likeness (QED) is 0.657. The van der Waals surface area contributed by atoms with Crippen molar-refractivity contribution in [3.8, 4) is 11.3 Å². The number of carbonyl (C=O) groups is 2.